The Morgan fingerprint density at radius 1 is 1.00 bits per heavy atom. The summed E-state index contributed by atoms with van der Waals surface area (Å²) in [5, 5.41) is 34.8. The maximum absolute atomic E-state index is 12.5. The van der Waals surface area contributed by atoms with Crippen LogP contribution in [0.5, 0.6) is 11.5 Å². The summed E-state index contributed by atoms with van der Waals surface area (Å²) >= 11 is 0. The molecule has 0 bridgehead atoms. The SMILES string of the molecule is COC1(N2c3ccc([N+](=O)[O-])cc3OC2S(=O)(=O)O)c2cc([N+](=O)[O-])ccc2OC(C)(C)C1(O)OC. The summed E-state index contributed by atoms with van der Waals surface area (Å²) in [5.74, 6) is -3.02. The number of anilines is 1. The molecule has 36 heavy (non-hydrogen) atoms. The van der Waals surface area contributed by atoms with Crippen LogP contribution < -0.4 is 14.4 Å². The normalized spacial score (nSPS) is 26.4. The molecule has 0 fully saturated rings. The zero-order valence-electron chi connectivity index (χ0n) is 19.3. The fourth-order valence-electron chi connectivity index (χ4n) is 4.64. The molecule has 2 aliphatic heterocycles. The second-order valence-corrected chi connectivity index (χ2v) is 9.90. The summed E-state index contributed by atoms with van der Waals surface area (Å²) in [6.45, 7) is 2.79. The van der Waals surface area contributed by atoms with Crippen LogP contribution in [0.2, 0.25) is 0 Å². The van der Waals surface area contributed by atoms with Crippen molar-refractivity contribution in [1.82, 2.24) is 0 Å². The van der Waals surface area contributed by atoms with Gasteiger partial charge >= 0.3 is 15.7 Å². The Kier molecular flexibility index (Phi) is 5.65. The number of benzene rings is 2. The Bertz CT molecular complexity index is 1380. The van der Waals surface area contributed by atoms with Crippen LogP contribution in [0.15, 0.2) is 36.4 Å². The monoisotopic (exact) mass is 527 g/mol. The number of nitrogens with zero attached hydrogens (tertiary/aromatic N) is 3. The molecule has 194 valence electrons. The lowest BCUT2D eigenvalue weighted by Gasteiger charge is -2.58. The van der Waals surface area contributed by atoms with Gasteiger partial charge in [0.1, 0.15) is 5.75 Å². The van der Waals surface area contributed by atoms with E-state index in [-0.39, 0.29) is 22.7 Å². The van der Waals surface area contributed by atoms with Crippen molar-refractivity contribution in [3.63, 3.8) is 0 Å². The molecule has 2 N–H and O–H groups in total. The van der Waals surface area contributed by atoms with Crippen molar-refractivity contribution in [2.75, 3.05) is 19.1 Å². The average molecular weight is 527 g/mol. The second kappa shape index (κ2) is 7.97. The highest BCUT2D eigenvalue weighted by Gasteiger charge is 2.73. The molecule has 2 aliphatic rings. The molecule has 0 aliphatic carbocycles. The minimum absolute atomic E-state index is 0.0429. The Morgan fingerprint density at radius 2 is 1.58 bits per heavy atom. The van der Waals surface area contributed by atoms with Gasteiger partial charge in [0.05, 0.1) is 27.2 Å². The van der Waals surface area contributed by atoms with Crippen molar-refractivity contribution < 1.29 is 46.9 Å². The smallest absolute Gasteiger partial charge is 0.324 e. The van der Waals surface area contributed by atoms with Crippen molar-refractivity contribution in [1.29, 1.82) is 0 Å². The number of aliphatic hydroxyl groups is 1. The third-order valence-electron chi connectivity index (χ3n) is 6.22. The van der Waals surface area contributed by atoms with Crippen molar-refractivity contribution in [2.24, 2.45) is 0 Å². The van der Waals surface area contributed by atoms with Crippen LogP contribution in [0.3, 0.4) is 0 Å². The zero-order valence-corrected chi connectivity index (χ0v) is 20.1. The first-order chi connectivity index (χ1) is 16.6. The summed E-state index contributed by atoms with van der Waals surface area (Å²) in [7, 11) is -3.03. The van der Waals surface area contributed by atoms with E-state index >= 15 is 0 Å². The summed E-state index contributed by atoms with van der Waals surface area (Å²) < 4.78 is 57.7. The minimum Gasteiger partial charge on any atom is -0.482 e. The van der Waals surface area contributed by atoms with Crippen LogP contribution >= 0.6 is 0 Å². The molecule has 0 saturated heterocycles. The van der Waals surface area contributed by atoms with Crippen molar-refractivity contribution >= 4 is 27.2 Å². The highest BCUT2D eigenvalue weighted by atomic mass is 32.2. The number of non-ortho nitro benzene ring substituents is 2. The van der Waals surface area contributed by atoms with Gasteiger partial charge in [-0.15, -0.1) is 0 Å². The molecule has 2 heterocycles. The molecule has 0 radical (unpaired) electrons. The summed E-state index contributed by atoms with van der Waals surface area (Å²) in [5.41, 5.74) is -7.87. The number of nitro groups is 2. The van der Waals surface area contributed by atoms with E-state index in [9.17, 15) is 38.3 Å². The molecule has 0 spiro atoms. The van der Waals surface area contributed by atoms with Crippen LogP contribution in [0, 0.1) is 20.2 Å². The lowest BCUT2D eigenvalue weighted by atomic mass is 9.78. The van der Waals surface area contributed by atoms with Crippen LogP contribution in [0.4, 0.5) is 17.1 Å². The third-order valence-corrected chi connectivity index (χ3v) is 7.03. The van der Waals surface area contributed by atoms with E-state index in [1.54, 1.807) is 0 Å². The molecule has 15 nitrogen and oxygen atoms in total. The molecule has 16 heteroatoms. The van der Waals surface area contributed by atoms with Gasteiger partial charge < -0.3 is 24.1 Å². The molecule has 2 aromatic carbocycles. The molecule has 3 atom stereocenters. The van der Waals surface area contributed by atoms with E-state index in [1.165, 1.54) is 19.9 Å². The predicted octanol–water partition coefficient (Wildman–Crippen LogP) is 1.88. The van der Waals surface area contributed by atoms with E-state index in [0.717, 1.165) is 49.5 Å². The van der Waals surface area contributed by atoms with Crippen molar-refractivity contribution in [3.05, 3.63) is 62.2 Å². The fourth-order valence-corrected chi connectivity index (χ4v) is 5.39. The Labute approximate surface area is 203 Å². The van der Waals surface area contributed by atoms with E-state index in [1.807, 2.05) is 0 Å². The molecule has 0 amide bonds. The minimum atomic E-state index is -5.16. The Balaban J connectivity index is 2.15. The quantitative estimate of drug-likeness (QED) is 0.239. The van der Waals surface area contributed by atoms with Gasteiger partial charge in [-0.2, -0.15) is 8.42 Å². The zero-order chi connectivity index (χ0) is 26.8. The summed E-state index contributed by atoms with van der Waals surface area (Å²) in [4.78, 5) is 22.2. The molecule has 0 saturated carbocycles. The van der Waals surface area contributed by atoms with Gasteiger partial charge in [-0.05, 0) is 26.0 Å². The van der Waals surface area contributed by atoms with Crippen LogP contribution in [0.1, 0.15) is 19.4 Å². The van der Waals surface area contributed by atoms with Crippen LogP contribution in [0.25, 0.3) is 0 Å². The lowest BCUT2D eigenvalue weighted by Crippen LogP contribution is -2.77. The number of nitro benzene ring substituents is 2. The predicted molar refractivity (Wildman–Crippen MR) is 120 cm³/mol. The van der Waals surface area contributed by atoms with Gasteiger partial charge in [0.2, 0.25) is 5.72 Å². The van der Waals surface area contributed by atoms with Crippen LogP contribution in [-0.4, -0.2) is 59.1 Å². The average Bonchev–Trinajstić information content (AvgIpc) is 3.19. The van der Waals surface area contributed by atoms with Gasteiger partial charge in [0.25, 0.3) is 17.2 Å². The number of rotatable bonds is 6. The standard InChI is InChI=1S/C20H21N3O12S/c1-18(2)20(24,33-4)19(32-3,13-9-11(22(25)26)6-8-15(13)35-18)21-14-7-5-12(23(27)28)10-16(14)34-17(21)36(29,30)31/h5-10,17,24H,1-4H3,(H,29,30,31). The highest BCUT2D eigenvalue weighted by Crippen LogP contribution is 2.59. The molecular weight excluding hydrogens is 506 g/mol. The Morgan fingerprint density at radius 3 is 2.11 bits per heavy atom. The van der Waals surface area contributed by atoms with Crippen molar-refractivity contribution in [2.45, 2.75) is 36.5 Å². The number of hydrogen-bond acceptors (Lipinski definition) is 12. The van der Waals surface area contributed by atoms with E-state index in [4.69, 9.17) is 18.9 Å². The van der Waals surface area contributed by atoms with Gasteiger partial charge in [-0.1, -0.05) is 0 Å². The van der Waals surface area contributed by atoms with Gasteiger partial charge in [-0.25, -0.2) is 0 Å². The topological polar surface area (TPSA) is 201 Å². The first kappa shape index (κ1) is 25.5. The number of hydrogen-bond donors (Lipinski definition) is 2. The van der Waals surface area contributed by atoms with E-state index in [0.29, 0.717) is 0 Å². The number of fused-ring (bicyclic) bond motifs is 2. The van der Waals surface area contributed by atoms with Crippen LogP contribution in [-0.2, 0) is 25.3 Å². The van der Waals surface area contributed by atoms with Crippen molar-refractivity contribution in [3.8, 4) is 11.5 Å². The summed E-state index contributed by atoms with van der Waals surface area (Å²) in [6.07, 6.45) is 0. The maximum atomic E-state index is 12.5. The highest BCUT2D eigenvalue weighted by molar-refractivity contribution is 7.86. The second-order valence-electron chi connectivity index (χ2n) is 8.47. The molecule has 3 unspecified atom stereocenters. The summed E-state index contributed by atoms with van der Waals surface area (Å²) in [6, 6.07) is 6.42. The number of ether oxygens (including phenoxy) is 4. The van der Waals surface area contributed by atoms with Gasteiger partial charge in [0.15, 0.2) is 11.4 Å². The maximum Gasteiger partial charge on any atom is 0.324 e. The first-order valence-electron chi connectivity index (χ1n) is 10.2. The Hall–Kier alpha value is -3.57. The largest absolute Gasteiger partial charge is 0.482 e. The third kappa shape index (κ3) is 3.30. The fraction of sp³-hybridized carbons (Fsp3) is 0.400. The van der Waals surface area contributed by atoms with Gasteiger partial charge in [0, 0.05) is 32.4 Å². The molecule has 4 rings (SSSR count). The molecular formula is C20H21N3O12S. The van der Waals surface area contributed by atoms with Gasteiger partial charge in [-0.3, -0.25) is 29.7 Å². The van der Waals surface area contributed by atoms with E-state index < -0.39 is 54.0 Å². The molecule has 2 aromatic rings. The van der Waals surface area contributed by atoms with E-state index in [2.05, 4.69) is 0 Å². The first-order valence-corrected chi connectivity index (χ1v) is 11.7. The lowest BCUT2D eigenvalue weighted by molar-refractivity contribution is -0.386. The molecule has 0 aromatic heterocycles. The number of methoxy groups -OCH3 is 2.